The lowest BCUT2D eigenvalue weighted by molar-refractivity contribution is -0.121. The van der Waals surface area contributed by atoms with Gasteiger partial charge in [0.25, 0.3) is 0 Å². The molecular formula is C20H20N2OS. The Morgan fingerprint density at radius 3 is 2.12 bits per heavy atom. The van der Waals surface area contributed by atoms with Gasteiger partial charge in [-0.2, -0.15) is 0 Å². The van der Waals surface area contributed by atoms with E-state index in [1.807, 2.05) is 73.0 Å². The second-order valence-corrected chi connectivity index (χ2v) is 6.72. The summed E-state index contributed by atoms with van der Waals surface area (Å²) in [5, 5.41) is 6.17. The van der Waals surface area contributed by atoms with Crippen LogP contribution in [0.15, 0.2) is 66.0 Å². The highest BCUT2D eigenvalue weighted by atomic mass is 32.1. The van der Waals surface area contributed by atoms with Crippen molar-refractivity contribution in [3.63, 3.8) is 0 Å². The number of carbonyl (C=O) groups is 1. The van der Waals surface area contributed by atoms with E-state index in [1.165, 1.54) is 0 Å². The zero-order valence-corrected chi connectivity index (χ0v) is 14.4. The molecule has 0 unspecified atom stereocenters. The lowest BCUT2D eigenvalue weighted by atomic mass is 9.90. The number of hydrogen-bond acceptors (Lipinski definition) is 3. The van der Waals surface area contributed by atoms with Gasteiger partial charge in [0.15, 0.2) is 0 Å². The largest absolute Gasteiger partial charge is 0.355 e. The number of nitrogens with one attached hydrogen (secondary N) is 1. The molecule has 0 saturated carbocycles. The SMILES string of the molecule is Cc1nc(CCNC(=O)C(c2ccccc2)c2ccccc2)cs1. The van der Waals surface area contributed by atoms with Gasteiger partial charge in [0.2, 0.25) is 5.91 Å². The molecule has 0 aliphatic carbocycles. The van der Waals surface area contributed by atoms with Crippen LogP contribution >= 0.6 is 11.3 Å². The van der Waals surface area contributed by atoms with E-state index >= 15 is 0 Å². The third-order valence-electron chi connectivity index (χ3n) is 3.87. The zero-order valence-electron chi connectivity index (χ0n) is 13.6. The molecule has 1 N–H and O–H groups in total. The topological polar surface area (TPSA) is 42.0 Å². The van der Waals surface area contributed by atoms with Crippen LogP contribution in [-0.2, 0) is 11.2 Å². The van der Waals surface area contributed by atoms with E-state index in [1.54, 1.807) is 11.3 Å². The fraction of sp³-hybridized carbons (Fsp3) is 0.200. The fourth-order valence-electron chi connectivity index (χ4n) is 2.73. The molecule has 1 amide bonds. The summed E-state index contributed by atoms with van der Waals surface area (Å²) in [5.74, 6) is -0.260. The Kier molecular flexibility index (Phi) is 5.39. The molecule has 3 rings (SSSR count). The van der Waals surface area contributed by atoms with Crippen molar-refractivity contribution >= 4 is 17.2 Å². The zero-order chi connectivity index (χ0) is 16.8. The van der Waals surface area contributed by atoms with Crippen molar-refractivity contribution < 1.29 is 4.79 Å². The molecule has 0 fully saturated rings. The van der Waals surface area contributed by atoms with E-state index < -0.39 is 0 Å². The normalized spacial score (nSPS) is 10.8. The molecule has 122 valence electrons. The standard InChI is InChI=1S/C20H20N2OS/c1-15-22-18(14-24-15)12-13-21-20(23)19(16-8-4-2-5-9-16)17-10-6-3-7-11-17/h2-11,14,19H,12-13H2,1H3,(H,21,23). The van der Waals surface area contributed by atoms with Gasteiger partial charge in [0, 0.05) is 18.3 Å². The average Bonchev–Trinajstić information content (AvgIpc) is 3.02. The van der Waals surface area contributed by atoms with Crippen molar-refractivity contribution in [1.82, 2.24) is 10.3 Å². The predicted molar refractivity (Wildman–Crippen MR) is 98.3 cm³/mol. The van der Waals surface area contributed by atoms with Crippen LogP contribution in [0.3, 0.4) is 0 Å². The van der Waals surface area contributed by atoms with E-state index in [4.69, 9.17) is 0 Å². The maximum absolute atomic E-state index is 12.8. The molecule has 0 radical (unpaired) electrons. The minimum Gasteiger partial charge on any atom is -0.355 e. The van der Waals surface area contributed by atoms with Crippen LogP contribution in [0.5, 0.6) is 0 Å². The molecule has 1 aromatic heterocycles. The summed E-state index contributed by atoms with van der Waals surface area (Å²) in [6.07, 6.45) is 0.756. The van der Waals surface area contributed by atoms with Crippen molar-refractivity contribution in [2.75, 3.05) is 6.54 Å². The molecule has 1 heterocycles. The molecule has 0 bridgehead atoms. The van der Waals surface area contributed by atoms with Crippen LogP contribution in [0.25, 0.3) is 0 Å². The summed E-state index contributed by atoms with van der Waals surface area (Å²) in [6.45, 7) is 2.59. The highest BCUT2D eigenvalue weighted by molar-refractivity contribution is 7.09. The Bertz CT molecular complexity index is 744. The maximum Gasteiger partial charge on any atom is 0.232 e. The lowest BCUT2D eigenvalue weighted by Crippen LogP contribution is -2.31. The first-order chi connectivity index (χ1) is 11.7. The average molecular weight is 336 g/mol. The predicted octanol–water partition coefficient (Wildman–Crippen LogP) is 3.94. The summed E-state index contributed by atoms with van der Waals surface area (Å²) < 4.78 is 0. The molecule has 2 aromatic carbocycles. The molecular weight excluding hydrogens is 316 g/mol. The molecule has 3 nitrogen and oxygen atoms in total. The van der Waals surface area contributed by atoms with Crippen molar-refractivity contribution in [2.45, 2.75) is 19.3 Å². The Balaban J connectivity index is 1.72. The van der Waals surface area contributed by atoms with Gasteiger partial charge in [0.1, 0.15) is 0 Å². The Morgan fingerprint density at radius 1 is 1.04 bits per heavy atom. The first-order valence-corrected chi connectivity index (χ1v) is 8.90. The summed E-state index contributed by atoms with van der Waals surface area (Å²) in [7, 11) is 0. The maximum atomic E-state index is 12.8. The number of rotatable bonds is 6. The van der Waals surface area contributed by atoms with E-state index in [0.717, 1.165) is 28.2 Å². The first-order valence-electron chi connectivity index (χ1n) is 8.02. The summed E-state index contributed by atoms with van der Waals surface area (Å²) in [5.41, 5.74) is 3.05. The van der Waals surface area contributed by atoms with E-state index in [-0.39, 0.29) is 11.8 Å². The van der Waals surface area contributed by atoms with E-state index in [2.05, 4.69) is 10.3 Å². The van der Waals surface area contributed by atoms with Crippen LogP contribution in [0, 0.1) is 6.92 Å². The van der Waals surface area contributed by atoms with Crippen LogP contribution in [-0.4, -0.2) is 17.4 Å². The number of amides is 1. The molecule has 4 heteroatoms. The number of carbonyl (C=O) groups excluding carboxylic acids is 1. The minimum atomic E-state index is -0.287. The van der Waals surface area contributed by atoms with Gasteiger partial charge in [0.05, 0.1) is 16.6 Å². The smallest absolute Gasteiger partial charge is 0.232 e. The quantitative estimate of drug-likeness (QED) is 0.741. The van der Waals surface area contributed by atoms with Crippen molar-refractivity contribution in [2.24, 2.45) is 0 Å². The van der Waals surface area contributed by atoms with Crippen molar-refractivity contribution in [3.8, 4) is 0 Å². The highest BCUT2D eigenvalue weighted by Gasteiger charge is 2.22. The molecule has 3 aromatic rings. The first kappa shape index (κ1) is 16.4. The van der Waals surface area contributed by atoms with Crippen molar-refractivity contribution in [1.29, 1.82) is 0 Å². The van der Waals surface area contributed by atoms with Gasteiger partial charge in [-0.3, -0.25) is 4.79 Å². The third-order valence-corrected chi connectivity index (χ3v) is 4.70. The highest BCUT2D eigenvalue weighted by Crippen LogP contribution is 2.24. The van der Waals surface area contributed by atoms with E-state index in [9.17, 15) is 4.79 Å². The van der Waals surface area contributed by atoms with Gasteiger partial charge in [-0.05, 0) is 18.1 Å². The Labute approximate surface area is 146 Å². The van der Waals surface area contributed by atoms with Crippen LogP contribution in [0.4, 0.5) is 0 Å². The summed E-state index contributed by atoms with van der Waals surface area (Å²) in [4.78, 5) is 17.2. The van der Waals surface area contributed by atoms with Crippen molar-refractivity contribution in [3.05, 3.63) is 87.9 Å². The molecule has 0 aliphatic heterocycles. The number of aromatic nitrogens is 1. The lowest BCUT2D eigenvalue weighted by Gasteiger charge is -2.17. The number of benzene rings is 2. The number of thiazole rings is 1. The van der Waals surface area contributed by atoms with Crippen LogP contribution in [0.1, 0.15) is 27.7 Å². The molecule has 0 aliphatic rings. The minimum absolute atomic E-state index is 0.0272. The van der Waals surface area contributed by atoms with Gasteiger partial charge < -0.3 is 5.32 Å². The van der Waals surface area contributed by atoms with Gasteiger partial charge in [-0.25, -0.2) is 4.98 Å². The number of hydrogen-bond donors (Lipinski definition) is 1. The Hall–Kier alpha value is -2.46. The third kappa shape index (κ3) is 4.09. The summed E-state index contributed by atoms with van der Waals surface area (Å²) >= 11 is 1.64. The number of aryl methyl sites for hydroxylation is 1. The number of nitrogens with zero attached hydrogens (tertiary/aromatic N) is 1. The monoisotopic (exact) mass is 336 g/mol. The Morgan fingerprint density at radius 2 is 1.62 bits per heavy atom. The summed E-state index contributed by atoms with van der Waals surface area (Å²) in [6, 6.07) is 19.8. The van der Waals surface area contributed by atoms with Crippen LogP contribution < -0.4 is 5.32 Å². The molecule has 0 atom stereocenters. The second kappa shape index (κ2) is 7.88. The second-order valence-electron chi connectivity index (χ2n) is 5.65. The molecule has 0 saturated heterocycles. The molecule has 0 spiro atoms. The van der Waals surface area contributed by atoms with Crippen LogP contribution in [0.2, 0.25) is 0 Å². The molecule has 24 heavy (non-hydrogen) atoms. The van der Waals surface area contributed by atoms with Gasteiger partial charge in [-0.1, -0.05) is 60.7 Å². The van der Waals surface area contributed by atoms with Gasteiger partial charge in [-0.15, -0.1) is 11.3 Å². The van der Waals surface area contributed by atoms with Gasteiger partial charge >= 0.3 is 0 Å². The van der Waals surface area contributed by atoms with E-state index in [0.29, 0.717) is 6.54 Å². The fourth-order valence-corrected chi connectivity index (χ4v) is 3.37.